The van der Waals surface area contributed by atoms with Gasteiger partial charge in [0.2, 0.25) is 11.8 Å². The Labute approximate surface area is 176 Å². The number of nitrogens with one attached hydrogen (secondary N) is 2. The van der Waals surface area contributed by atoms with Gasteiger partial charge in [0.1, 0.15) is 5.82 Å². The van der Waals surface area contributed by atoms with E-state index in [0.717, 1.165) is 0 Å². The van der Waals surface area contributed by atoms with Gasteiger partial charge in [-0.25, -0.2) is 9.82 Å². The highest BCUT2D eigenvalue weighted by Crippen LogP contribution is 2.36. The van der Waals surface area contributed by atoms with Crippen LogP contribution in [0.4, 0.5) is 10.1 Å². The lowest BCUT2D eigenvalue weighted by Gasteiger charge is -2.11. The van der Waals surface area contributed by atoms with E-state index in [9.17, 15) is 14.0 Å². The fraction of sp³-hybridized carbons (Fsp3) is 0.250. The molecule has 0 unspecified atom stereocenters. The Morgan fingerprint density at radius 2 is 1.93 bits per heavy atom. The second-order valence-corrected chi connectivity index (χ2v) is 6.64. The maximum absolute atomic E-state index is 13.5. The number of hydrogen-bond donors (Lipinski definition) is 2. The number of halogens is 2. The van der Waals surface area contributed by atoms with Gasteiger partial charge in [-0.05, 0) is 52.7 Å². The van der Waals surface area contributed by atoms with E-state index in [1.54, 1.807) is 18.2 Å². The van der Waals surface area contributed by atoms with E-state index in [4.69, 9.17) is 9.47 Å². The lowest BCUT2D eigenvalue weighted by Crippen LogP contribution is -2.21. The molecule has 0 aliphatic carbocycles. The third-order valence-electron chi connectivity index (χ3n) is 3.67. The lowest BCUT2D eigenvalue weighted by molar-refractivity contribution is -0.124. The standard InChI is InChI=1S/C20H21BrFN3O4/c1-3-29-20-14(21)10-13(11-17(20)28-2)12-23-25-19(27)9-8-18(26)24-16-7-5-4-6-15(16)22/h4-7,10-12H,3,8-9H2,1-2H3,(H,24,26)(H,25,27). The minimum atomic E-state index is -0.535. The van der Waals surface area contributed by atoms with E-state index in [1.807, 2.05) is 6.92 Å². The molecular weight excluding hydrogens is 445 g/mol. The summed E-state index contributed by atoms with van der Waals surface area (Å²) in [4.78, 5) is 23.7. The summed E-state index contributed by atoms with van der Waals surface area (Å²) in [6.07, 6.45) is 1.26. The van der Waals surface area contributed by atoms with Gasteiger partial charge in [-0.1, -0.05) is 12.1 Å². The Bertz CT molecular complexity index is 905. The normalized spacial score (nSPS) is 10.6. The number of carbonyl (C=O) groups excluding carboxylic acids is 2. The largest absolute Gasteiger partial charge is 0.493 e. The Hall–Kier alpha value is -2.94. The number of hydrogen-bond acceptors (Lipinski definition) is 5. The SMILES string of the molecule is CCOc1c(Br)cc(C=NNC(=O)CCC(=O)Nc2ccccc2F)cc1OC. The molecule has 2 aromatic rings. The van der Waals surface area contributed by atoms with Gasteiger partial charge < -0.3 is 14.8 Å². The zero-order valence-corrected chi connectivity index (χ0v) is 17.6. The number of carbonyl (C=O) groups is 2. The van der Waals surface area contributed by atoms with Gasteiger partial charge in [-0.2, -0.15) is 5.10 Å². The Kier molecular flexibility index (Phi) is 8.60. The first-order chi connectivity index (χ1) is 13.9. The van der Waals surface area contributed by atoms with Crippen LogP contribution < -0.4 is 20.2 Å². The summed E-state index contributed by atoms with van der Waals surface area (Å²) in [6.45, 7) is 2.36. The zero-order chi connectivity index (χ0) is 21.2. The summed E-state index contributed by atoms with van der Waals surface area (Å²) < 4.78 is 25.0. The maximum Gasteiger partial charge on any atom is 0.240 e. The Balaban J connectivity index is 1.85. The maximum atomic E-state index is 13.5. The van der Waals surface area contributed by atoms with Crippen molar-refractivity contribution in [2.45, 2.75) is 19.8 Å². The molecule has 154 valence electrons. The molecule has 0 fully saturated rings. The highest BCUT2D eigenvalue weighted by Gasteiger charge is 2.11. The van der Waals surface area contributed by atoms with Crippen LogP contribution >= 0.6 is 15.9 Å². The fourth-order valence-electron chi connectivity index (χ4n) is 2.34. The van der Waals surface area contributed by atoms with Crippen LogP contribution in [0.1, 0.15) is 25.3 Å². The van der Waals surface area contributed by atoms with Crippen LogP contribution in [0, 0.1) is 5.82 Å². The van der Waals surface area contributed by atoms with E-state index < -0.39 is 17.6 Å². The van der Waals surface area contributed by atoms with E-state index in [1.165, 1.54) is 31.5 Å². The number of amides is 2. The third kappa shape index (κ3) is 6.86. The molecule has 0 heterocycles. The molecule has 0 bridgehead atoms. The molecule has 0 aromatic heterocycles. The topological polar surface area (TPSA) is 89.0 Å². The summed E-state index contributed by atoms with van der Waals surface area (Å²) in [6, 6.07) is 9.30. The minimum Gasteiger partial charge on any atom is -0.493 e. The van der Waals surface area contributed by atoms with E-state index >= 15 is 0 Å². The predicted octanol–water partition coefficient (Wildman–Crippen LogP) is 3.86. The third-order valence-corrected chi connectivity index (χ3v) is 4.26. The summed E-state index contributed by atoms with van der Waals surface area (Å²) in [5.41, 5.74) is 3.10. The van der Waals surface area contributed by atoms with Crippen molar-refractivity contribution in [3.8, 4) is 11.5 Å². The molecule has 0 aliphatic rings. The van der Waals surface area contributed by atoms with Crippen LogP contribution in [0.5, 0.6) is 11.5 Å². The van der Waals surface area contributed by atoms with Crippen molar-refractivity contribution in [3.63, 3.8) is 0 Å². The van der Waals surface area contributed by atoms with Crippen molar-refractivity contribution in [1.82, 2.24) is 5.43 Å². The smallest absolute Gasteiger partial charge is 0.240 e. The van der Waals surface area contributed by atoms with E-state index in [2.05, 4.69) is 31.8 Å². The van der Waals surface area contributed by atoms with Gasteiger partial charge in [0, 0.05) is 12.8 Å². The number of hydrazone groups is 1. The van der Waals surface area contributed by atoms with Crippen molar-refractivity contribution in [1.29, 1.82) is 0 Å². The van der Waals surface area contributed by atoms with Gasteiger partial charge in [-0.3, -0.25) is 9.59 Å². The molecule has 29 heavy (non-hydrogen) atoms. The molecule has 7 nitrogen and oxygen atoms in total. The summed E-state index contributed by atoms with van der Waals surface area (Å²) >= 11 is 3.41. The van der Waals surface area contributed by atoms with Crippen LogP contribution in [0.25, 0.3) is 0 Å². The van der Waals surface area contributed by atoms with Crippen molar-refractivity contribution in [3.05, 3.63) is 52.3 Å². The number of rotatable bonds is 9. The quantitative estimate of drug-likeness (QED) is 0.434. The Morgan fingerprint density at radius 3 is 2.62 bits per heavy atom. The number of para-hydroxylation sites is 1. The summed E-state index contributed by atoms with van der Waals surface area (Å²) in [5, 5.41) is 6.29. The van der Waals surface area contributed by atoms with Gasteiger partial charge in [0.05, 0.1) is 30.1 Å². The fourth-order valence-corrected chi connectivity index (χ4v) is 2.91. The summed E-state index contributed by atoms with van der Waals surface area (Å²) in [5.74, 6) is -0.334. The Morgan fingerprint density at radius 1 is 1.21 bits per heavy atom. The van der Waals surface area contributed by atoms with Gasteiger partial charge in [0.25, 0.3) is 0 Å². The van der Waals surface area contributed by atoms with Crippen LogP contribution in [-0.2, 0) is 9.59 Å². The number of ether oxygens (including phenoxy) is 2. The highest BCUT2D eigenvalue weighted by atomic mass is 79.9. The van der Waals surface area contributed by atoms with E-state index in [-0.39, 0.29) is 18.5 Å². The average molecular weight is 466 g/mol. The van der Waals surface area contributed by atoms with Gasteiger partial charge >= 0.3 is 0 Å². The molecule has 0 saturated heterocycles. The van der Waals surface area contributed by atoms with E-state index in [0.29, 0.717) is 28.1 Å². The first kappa shape index (κ1) is 22.4. The molecule has 0 saturated carbocycles. The molecule has 2 amide bonds. The van der Waals surface area contributed by atoms with Crippen LogP contribution in [0.15, 0.2) is 46.0 Å². The molecule has 0 spiro atoms. The summed E-state index contributed by atoms with van der Waals surface area (Å²) in [7, 11) is 1.53. The highest BCUT2D eigenvalue weighted by molar-refractivity contribution is 9.10. The lowest BCUT2D eigenvalue weighted by atomic mass is 10.2. The van der Waals surface area contributed by atoms with Crippen molar-refractivity contribution < 1.29 is 23.5 Å². The number of methoxy groups -OCH3 is 1. The molecular formula is C20H21BrFN3O4. The average Bonchev–Trinajstić information content (AvgIpc) is 2.70. The van der Waals surface area contributed by atoms with Crippen LogP contribution in [0.2, 0.25) is 0 Å². The number of nitrogens with zero attached hydrogens (tertiary/aromatic N) is 1. The molecule has 2 rings (SSSR count). The minimum absolute atomic E-state index is 0.0750. The van der Waals surface area contributed by atoms with Crippen molar-refractivity contribution in [2.75, 3.05) is 19.0 Å². The molecule has 2 N–H and O–H groups in total. The van der Waals surface area contributed by atoms with Gasteiger partial charge in [-0.15, -0.1) is 0 Å². The predicted molar refractivity (Wildman–Crippen MR) is 112 cm³/mol. The van der Waals surface area contributed by atoms with Crippen molar-refractivity contribution in [2.24, 2.45) is 5.10 Å². The molecule has 0 aliphatic heterocycles. The van der Waals surface area contributed by atoms with Crippen molar-refractivity contribution >= 4 is 39.6 Å². The molecule has 9 heteroatoms. The zero-order valence-electron chi connectivity index (χ0n) is 16.0. The first-order valence-corrected chi connectivity index (χ1v) is 9.60. The second kappa shape index (κ2) is 11.2. The number of anilines is 1. The van der Waals surface area contributed by atoms with Crippen LogP contribution in [-0.4, -0.2) is 31.7 Å². The molecule has 0 radical (unpaired) electrons. The molecule has 2 aromatic carbocycles. The second-order valence-electron chi connectivity index (χ2n) is 5.79. The molecule has 0 atom stereocenters. The number of benzene rings is 2. The monoisotopic (exact) mass is 465 g/mol. The first-order valence-electron chi connectivity index (χ1n) is 8.81. The van der Waals surface area contributed by atoms with Crippen LogP contribution in [0.3, 0.4) is 0 Å². The van der Waals surface area contributed by atoms with Gasteiger partial charge in [0.15, 0.2) is 11.5 Å².